The summed E-state index contributed by atoms with van der Waals surface area (Å²) in [4.78, 5) is 20.8. The number of aromatic nitrogens is 2. The molecule has 1 N–H and O–H groups in total. The van der Waals surface area contributed by atoms with E-state index in [1.807, 2.05) is 67.6 Å². The number of imidazole rings is 1. The minimum absolute atomic E-state index is 0.0188. The number of benzene rings is 2. The Labute approximate surface area is 142 Å². The Morgan fingerprint density at radius 1 is 0.917 bits per heavy atom. The molecule has 0 saturated heterocycles. The SMILES string of the molecule is CC(C)c1[nH]c(C(=O)C(C)c2ccccc2)nc1-c1ccccc1. The van der Waals surface area contributed by atoms with Crippen LogP contribution in [0.4, 0.5) is 0 Å². The molecule has 2 aromatic carbocycles. The first-order chi connectivity index (χ1) is 11.6. The average molecular weight is 318 g/mol. The van der Waals surface area contributed by atoms with Crippen LogP contribution in [0.3, 0.4) is 0 Å². The molecule has 0 saturated carbocycles. The third kappa shape index (κ3) is 3.16. The third-order valence-corrected chi connectivity index (χ3v) is 4.28. The highest BCUT2D eigenvalue weighted by Crippen LogP contribution is 2.29. The van der Waals surface area contributed by atoms with Gasteiger partial charge in [-0.1, -0.05) is 81.4 Å². The quantitative estimate of drug-likeness (QED) is 0.658. The molecule has 1 atom stereocenters. The summed E-state index contributed by atoms with van der Waals surface area (Å²) in [5.74, 6) is 0.501. The molecule has 0 aliphatic heterocycles. The molecule has 0 bridgehead atoms. The molecule has 1 aromatic heterocycles. The fourth-order valence-corrected chi connectivity index (χ4v) is 2.84. The van der Waals surface area contributed by atoms with Crippen LogP contribution in [0.15, 0.2) is 60.7 Å². The third-order valence-electron chi connectivity index (χ3n) is 4.28. The maximum Gasteiger partial charge on any atom is 0.205 e. The van der Waals surface area contributed by atoms with Gasteiger partial charge in [0.15, 0.2) is 5.82 Å². The van der Waals surface area contributed by atoms with Gasteiger partial charge in [-0.25, -0.2) is 4.98 Å². The van der Waals surface area contributed by atoms with Crippen LogP contribution in [0.1, 0.15) is 54.5 Å². The molecule has 0 spiro atoms. The van der Waals surface area contributed by atoms with Crippen molar-refractivity contribution in [2.24, 2.45) is 0 Å². The number of H-pyrrole nitrogens is 1. The normalized spacial score (nSPS) is 12.3. The summed E-state index contributed by atoms with van der Waals surface area (Å²) in [5, 5.41) is 0. The number of carbonyl (C=O) groups is 1. The van der Waals surface area contributed by atoms with E-state index >= 15 is 0 Å². The van der Waals surface area contributed by atoms with E-state index in [9.17, 15) is 4.79 Å². The number of ketones is 1. The van der Waals surface area contributed by atoms with Crippen molar-refractivity contribution < 1.29 is 4.79 Å². The zero-order chi connectivity index (χ0) is 17.1. The number of aromatic amines is 1. The number of Topliss-reactive ketones (excluding diaryl/α,β-unsaturated/α-hetero) is 1. The predicted octanol–water partition coefficient (Wildman–Crippen LogP) is 5.19. The van der Waals surface area contributed by atoms with E-state index in [4.69, 9.17) is 0 Å². The minimum Gasteiger partial charge on any atom is -0.339 e. The maximum atomic E-state index is 12.9. The van der Waals surface area contributed by atoms with E-state index in [-0.39, 0.29) is 17.6 Å². The number of carbonyl (C=O) groups excluding carboxylic acids is 1. The second kappa shape index (κ2) is 6.83. The Morgan fingerprint density at radius 3 is 2.08 bits per heavy atom. The van der Waals surface area contributed by atoms with Crippen LogP contribution in [0.2, 0.25) is 0 Å². The molecule has 0 aliphatic carbocycles. The summed E-state index contributed by atoms with van der Waals surface area (Å²) < 4.78 is 0. The fourth-order valence-electron chi connectivity index (χ4n) is 2.84. The zero-order valence-corrected chi connectivity index (χ0v) is 14.3. The van der Waals surface area contributed by atoms with Gasteiger partial charge in [-0.3, -0.25) is 4.79 Å². The summed E-state index contributed by atoms with van der Waals surface area (Å²) in [7, 11) is 0. The molecular weight excluding hydrogens is 296 g/mol. The van der Waals surface area contributed by atoms with Gasteiger partial charge in [0.1, 0.15) is 0 Å². The summed E-state index contributed by atoms with van der Waals surface area (Å²) in [6.45, 7) is 6.14. The average Bonchev–Trinajstić information content (AvgIpc) is 3.07. The van der Waals surface area contributed by atoms with Crippen molar-refractivity contribution in [1.29, 1.82) is 0 Å². The zero-order valence-electron chi connectivity index (χ0n) is 14.3. The van der Waals surface area contributed by atoms with Crippen molar-refractivity contribution >= 4 is 5.78 Å². The van der Waals surface area contributed by atoms with Crippen LogP contribution < -0.4 is 0 Å². The smallest absolute Gasteiger partial charge is 0.205 e. The Hall–Kier alpha value is -2.68. The van der Waals surface area contributed by atoms with Gasteiger partial charge in [0.25, 0.3) is 0 Å². The highest BCUT2D eigenvalue weighted by atomic mass is 16.1. The van der Waals surface area contributed by atoms with E-state index < -0.39 is 0 Å². The molecule has 0 radical (unpaired) electrons. The van der Waals surface area contributed by atoms with Gasteiger partial charge in [-0.15, -0.1) is 0 Å². The lowest BCUT2D eigenvalue weighted by atomic mass is 9.96. The predicted molar refractivity (Wildman–Crippen MR) is 97.3 cm³/mol. The van der Waals surface area contributed by atoms with Crippen LogP contribution in [0.25, 0.3) is 11.3 Å². The van der Waals surface area contributed by atoms with Gasteiger partial charge in [-0.05, 0) is 11.5 Å². The van der Waals surface area contributed by atoms with Gasteiger partial charge in [-0.2, -0.15) is 0 Å². The van der Waals surface area contributed by atoms with Crippen molar-refractivity contribution in [3.05, 3.63) is 77.7 Å². The molecule has 0 fully saturated rings. The van der Waals surface area contributed by atoms with E-state index in [0.29, 0.717) is 5.82 Å². The molecule has 122 valence electrons. The molecule has 0 aliphatic rings. The molecule has 0 amide bonds. The second-order valence-corrected chi connectivity index (χ2v) is 6.37. The summed E-state index contributed by atoms with van der Waals surface area (Å²) in [6, 6.07) is 19.8. The second-order valence-electron chi connectivity index (χ2n) is 6.37. The van der Waals surface area contributed by atoms with Gasteiger partial charge in [0, 0.05) is 17.2 Å². The summed E-state index contributed by atoms with van der Waals surface area (Å²) in [5.41, 5.74) is 3.91. The van der Waals surface area contributed by atoms with Crippen molar-refractivity contribution in [3.8, 4) is 11.3 Å². The van der Waals surface area contributed by atoms with Gasteiger partial charge < -0.3 is 4.98 Å². The highest BCUT2D eigenvalue weighted by Gasteiger charge is 2.23. The van der Waals surface area contributed by atoms with Crippen molar-refractivity contribution in [2.75, 3.05) is 0 Å². The molecule has 1 heterocycles. The number of nitrogens with zero attached hydrogens (tertiary/aromatic N) is 1. The molecule has 1 unspecified atom stereocenters. The number of nitrogens with one attached hydrogen (secondary N) is 1. The van der Waals surface area contributed by atoms with Gasteiger partial charge in [0.05, 0.1) is 5.69 Å². The van der Waals surface area contributed by atoms with E-state index in [2.05, 4.69) is 23.8 Å². The first kappa shape index (κ1) is 16.2. The first-order valence-corrected chi connectivity index (χ1v) is 8.32. The number of hydrogen-bond acceptors (Lipinski definition) is 2. The largest absolute Gasteiger partial charge is 0.339 e. The van der Waals surface area contributed by atoms with Crippen molar-refractivity contribution in [1.82, 2.24) is 9.97 Å². The topological polar surface area (TPSA) is 45.8 Å². The summed E-state index contributed by atoms with van der Waals surface area (Å²) >= 11 is 0. The lowest BCUT2D eigenvalue weighted by Gasteiger charge is -2.08. The molecule has 3 heteroatoms. The number of hydrogen-bond donors (Lipinski definition) is 1. The van der Waals surface area contributed by atoms with E-state index in [0.717, 1.165) is 22.5 Å². The Kier molecular flexibility index (Phi) is 4.61. The molecule has 3 nitrogen and oxygen atoms in total. The Bertz CT molecular complexity index is 820. The first-order valence-electron chi connectivity index (χ1n) is 8.32. The monoisotopic (exact) mass is 318 g/mol. The molecule has 3 rings (SSSR count). The van der Waals surface area contributed by atoms with Crippen LogP contribution in [-0.4, -0.2) is 15.8 Å². The Morgan fingerprint density at radius 2 is 1.50 bits per heavy atom. The van der Waals surface area contributed by atoms with Crippen LogP contribution in [0, 0.1) is 0 Å². The van der Waals surface area contributed by atoms with Crippen LogP contribution >= 0.6 is 0 Å². The van der Waals surface area contributed by atoms with Crippen molar-refractivity contribution in [3.63, 3.8) is 0 Å². The van der Waals surface area contributed by atoms with E-state index in [1.165, 1.54) is 0 Å². The van der Waals surface area contributed by atoms with E-state index in [1.54, 1.807) is 0 Å². The van der Waals surface area contributed by atoms with Gasteiger partial charge in [0.2, 0.25) is 5.78 Å². The standard InChI is InChI=1S/C21H22N2O/c1-14(2)18-19(17-12-8-5-9-13-17)23-21(22-18)20(24)15(3)16-10-6-4-7-11-16/h4-15H,1-3H3,(H,22,23). The maximum absolute atomic E-state index is 12.9. The summed E-state index contributed by atoms with van der Waals surface area (Å²) in [6.07, 6.45) is 0. The lowest BCUT2D eigenvalue weighted by molar-refractivity contribution is 0.0956. The highest BCUT2D eigenvalue weighted by molar-refractivity contribution is 5.98. The molecule has 3 aromatic rings. The molecule has 24 heavy (non-hydrogen) atoms. The van der Waals surface area contributed by atoms with Crippen molar-refractivity contribution in [2.45, 2.75) is 32.6 Å². The minimum atomic E-state index is -0.221. The lowest BCUT2D eigenvalue weighted by Crippen LogP contribution is -2.11. The Balaban J connectivity index is 1.99. The van der Waals surface area contributed by atoms with Gasteiger partial charge >= 0.3 is 0 Å². The van der Waals surface area contributed by atoms with Crippen LogP contribution in [0.5, 0.6) is 0 Å². The fraction of sp³-hybridized carbons (Fsp3) is 0.238. The van der Waals surface area contributed by atoms with Crippen LogP contribution in [-0.2, 0) is 0 Å². The molecular formula is C21H22N2O. The number of rotatable bonds is 5.